The molecule has 8 nitrogen and oxygen atoms in total. The molecule has 0 radical (unpaired) electrons. The zero-order valence-electron chi connectivity index (χ0n) is 10.8. The molecule has 2 aromatic heterocycles. The zero-order valence-corrected chi connectivity index (χ0v) is 11.6. The number of nitrogens with one attached hydrogen (secondary N) is 1. The molecule has 2 aromatic rings. The summed E-state index contributed by atoms with van der Waals surface area (Å²) in [5.41, 5.74) is 6.31. The normalized spacial score (nSPS) is 13.0. The third-order valence-corrected chi connectivity index (χ3v) is 4.25. The minimum absolute atomic E-state index is 0.0282. The van der Waals surface area contributed by atoms with E-state index < -0.39 is 10.8 Å². The van der Waals surface area contributed by atoms with Crippen molar-refractivity contribution in [3.05, 3.63) is 38.5 Å². The van der Waals surface area contributed by atoms with Crippen LogP contribution in [0.15, 0.2) is 12.3 Å². The van der Waals surface area contributed by atoms with E-state index in [4.69, 9.17) is 5.73 Å². The lowest BCUT2D eigenvalue weighted by atomic mass is 10.2. The van der Waals surface area contributed by atoms with E-state index in [-0.39, 0.29) is 17.1 Å². The Labute approximate surface area is 123 Å². The second kappa shape index (κ2) is 5.09. The van der Waals surface area contributed by atoms with Crippen LogP contribution < -0.4 is 11.1 Å². The molecule has 9 heteroatoms. The molecule has 0 spiro atoms. The van der Waals surface area contributed by atoms with Gasteiger partial charge in [-0.05, 0) is 19.3 Å². The summed E-state index contributed by atoms with van der Waals surface area (Å²) in [6.45, 7) is 0. The van der Waals surface area contributed by atoms with Gasteiger partial charge in [0.05, 0.1) is 16.2 Å². The number of amides is 1. The SMILES string of the molecule is Nc1ncc([N+](=O)[O-])cc1C(=O)Nc1nc2c(s1)CCC2. The second-order valence-corrected chi connectivity index (χ2v) is 5.66. The summed E-state index contributed by atoms with van der Waals surface area (Å²) in [6.07, 6.45) is 4.00. The van der Waals surface area contributed by atoms with Crippen molar-refractivity contribution in [3.8, 4) is 0 Å². The van der Waals surface area contributed by atoms with Gasteiger partial charge in [0.2, 0.25) is 0 Å². The van der Waals surface area contributed by atoms with Crippen molar-refractivity contribution in [2.45, 2.75) is 19.3 Å². The Morgan fingerprint density at radius 3 is 3.00 bits per heavy atom. The molecular weight excluding hydrogens is 294 g/mol. The number of hydrogen-bond donors (Lipinski definition) is 2. The fraction of sp³-hybridized carbons (Fsp3) is 0.250. The van der Waals surface area contributed by atoms with Gasteiger partial charge in [-0.3, -0.25) is 20.2 Å². The highest BCUT2D eigenvalue weighted by Crippen LogP contribution is 2.30. The number of nitrogens with zero attached hydrogens (tertiary/aromatic N) is 3. The summed E-state index contributed by atoms with van der Waals surface area (Å²) >= 11 is 1.42. The van der Waals surface area contributed by atoms with Crippen LogP contribution in [0.2, 0.25) is 0 Å². The Balaban J connectivity index is 1.84. The predicted molar refractivity (Wildman–Crippen MR) is 77.4 cm³/mol. The summed E-state index contributed by atoms with van der Waals surface area (Å²) in [5.74, 6) is -0.599. The minimum atomic E-state index is -0.624. The first-order valence-electron chi connectivity index (χ1n) is 6.24. The molecule has 1 amide bonds. The highest BCUT2D eigenvalue weighted by molar-refractivity contribution is 7.16. The maximum absolute atomic E-state index is 12.1. The maximum Gasteiger partial charge on any atom is 0.288 e. The number of rotatable bonds is 3. The Hall–Kier alpha value is -2.55. The molecule has 0 aromatic carbocycles. The van der Waals surface area contributed by atoms with Gasteiger partial charge in [-0.15, -0.1) is 11.3 Å². The fourth-order valence-electron chi connectivity index (χ4n) is 2.15. The fourth-order valence-corrected chi connectivity index (χ4v) is 3.20. The molecule has 0 atom stereocenters. The molecule has 0 saturated heterocycles. The maximum atomic E-state index is 12.1. The molecule has 0 bridgehead atoms. The molecule has 108 valence electrons. The second-order valence-electron chi connectivity index (χ2n) is 4.58. The number of nitrogens with two attached hydrogens (primary N) is 1. The van der Waals surface area contributed by atoms with Crippen LogP contribution in [0.1, 0.15) is 27.3 Å². The monoisotopic (exact) mass is 305 g/mol. The number of thiazole rings is 1. The van der Waals surface area contributed by atoms with Crippen LogP contribution in [0.25, 0.3) is 0 Å². The molecule has 2 heterocycles. The van der Waals surface area contributed by atoms with Gasteiger partial charge in [0.15, 0.2) is 5.13 Å². The molecule has 1 aliphatic rings. The zero-order chi connectivity index (χ0) is 15.0. The Bertz CT molecular complexity index is 721. The highest BCUT2D eigenvalue weighted by atomic mass is 32.1. The Morgan fingerprint density at radius 1 is 1.48 bits per heavy atom. The van der Waals surface area contributed by atoms with E-state index >= 15 is 0 Å². The number of hydrogen-bond acceptors (Lipinski definition) is 7. The van der Waals surface area contributed by atoms with Crippen molar-refractivity contribution in [2.24, 2.45) is 0 Å². The Morgan fingerprint density at radius 2 is 2.29 bits per heavy atom. The average molecular weight is 305 g/mol. The molecule has 0 fully saturated rings. The van der Waals surface area contributed by atoms with Crippen LogP contribution in [0.4, 0.5) is 16.6 Å². The van der Waals surface area contributed by atoms with Crippen LogP contribution >= 0.6 is 11.3 Å². The molecule has 0 aliphatic heterocycles. The molecule has 21 heavy (non-hydrogen) atoms. The molecule has 0 unspecified atom stereocenters. The van der Waals surface area contributed by atoms with Crippen molar-refractivity contribution in [3.63, 3.8) is 0 Å². The summed E-state index contributed by atoms with van der Waals surface area (Å²) in [7, 11) is 0. The lowest BCUT2D eigenvalue weighted by molar-refractivity contribution is -0.385. The summed E-state index contributed by atoms with van der Waals surface area (Å²) in [4.78, 5) is 31.4. The van der Waals surface area contributed by atoms with Crippen LogP contribution in [0.5, 0.6) is 0 Å². The summed E-state index contributed by atoms with van der Waals surface area (Å²) in [6, 6.07) is 1.11. The van der Waals surface area contributed by atoms with Crippen molar-refractivity contribution in [1.29, 1.82) is 0 Å². The van der Waals surface area contributed by atoms with E-state index in [2.05, 4.69) is 15.3 Å². The molecule has 3 N–H and O–H groups in total. The van der Waals surface area contributed by atoms with Gasteiger partial charge >= 0.3 is 0 Å². The average Bonchev–Trinajstić information content (AvgIpc) is 2.99. The molecule has 1 aliphatic carbocycles. The number of aromatic nitrogens is 2. The van der Waals surface area contributed by atoms with Crippen LogP contribution in [-0.4, -0.2) is 20.8 Å². The van der Waals surface area contributed by atoms with Gasteiger partial charge in [0.1, 0.15) is 12.0 Å². The van der Waals surface area contributed by atoms with Crippen molar-refractivity contribution >= 4 is 33.9 Å². The predicted octanol–water partition coefficient (Wildman–Crippen LogP) is 1.77. The smallest absolute Gasteiger partial charge is 0.288 e. The van der Waals surface area contributed by atoms with Crippen LogP contribution in [0.3, 0.4) is 0 Å². The molecular formula is C12H11N5O3S. The number of aryl methyl sites for hydroxylation is 2. The third-order valence-electron chi connectivity index (χ3n) is 3.18. The Kier molecular flexibility index (Phi) is 3.26. The van der Waals surface area contributed by atoms with Crippen molar-refractivity contribution in [2.75, 3.05) is 11.1 Å². The first kappa shape index (κ1) is 13.4. The number of fused-ring (bicyclic) bond motifs is 1. The number of carbonyl (C=O) groups excluding carboxylic acids is 1. The van der Waals surface area contributed by atoms with Crippen molar-refractivity contribution < 1.29 is 9.72 Å². The lowest BCUT2D eigenvalue weighted by Crippen LogP contribution is -2.15. The quantitative estimate of drug-likeness (QED) is 0.657. The molecule has 0 saturated carbocycles. The van der Waals surface area contributed by atoms with Gasteiger partial charge < -0.3 is 5.73 Å². The lowest BCUT2D eigenvalue weighted by Gasteiger charge is -2.04. The topological polar surface area (TPSA) is 124 Å². The van der Waals surface area contributed by atoms with E-state index in [9.17, 15) is 14.9 Å². The molecule has 3 rings (SSSR count). The standard InChI is InChI=1S/C12H11N5O3S/c13-10-7(4-6(5-14-10)17(19)20)11(18)16-12-15-8-2-1-3-9(8)21-12/h4-5H,1-3H2,(H2,13,14)(H,15,16,18). The van der Waals surface area contributed by atoms with Crippen LogP contribution in [0, 0.1) is 10.1 Å². The number of carbonyl (C=O) groups is 1. The summed E-state index contributed by atoms with van der Waals surface area (Å²) in [5, 5.41) is 13.8. The van der Waals surface area contributed by atoms with Gasteiger partial charge in [-0.25, -0.2) is 9.97 Å². The minimum Gasteiger partial charge on any atom is -0.383 e. The highest BCUT2D eigenvalue weighted by Gasteiger charge is 2.20. The summed E-state index contributed by atoms with van der Waals surface area (Å²) < 4.78 is 0. The van der Waals surface area contributed by atoms with Crippen molar-refractivity contribution in [1.82, 2.24) is 9.97 Å². The third kappa shape index (κ3) is 2.55. The van der Waals surface area contributed by atoms with Gasteiger partial charge in [0, 0.05) is 10.9 Å². The van der Waals surface area contributed by atoms with E-state index in [0.717, 1.165) is 37.2 Å². The largest absolute Gasteiger partial charge is 0.383 e. The first-order valence-corrected chi connectivity index (χ1v) is 7.06. The first-order chi connectivity index (χ1) is 10.0. The van der Waals surface area contributed by atoms with Gasteiger partial charge in [-0.2, -0.15) is 0 Å². The number of anilines is 2. The van der Waals surface area contributed by atoms with E-state index in [1.807, 2.05) is 0 Å². The number of nitrogen functional groups attached to an aromatic ring is 1. The van der Waals surface area contributed by atoms with Gasteiger partial charge in [0.25, 0.3) is 11.6 Å². The van der Waals surface area contributed by atoms with E-state index in [1.165, 1.54) is 16.2 Å². The van der Waals surface area contributed by atoms with E-state index in [1.54, 1.807) is 0 Å². The van der Waals surface area contributed by atoms with Crippen LogP contribution in [-0.2, 0) is 12.8 Å². The van der Waals surface area contributed by atoms with E-state index in [0.29, 0.717) is 5.13 Å². The number of nitro groups is 1. The van der Waals surface area contributed by atoms with Gasteiger partial charge in [-0.1, -0.05) is 0 Å². The number of pyridine rings is 1.